The minimum absolute atomic E-state index is 0.140. The van der Waals surface area contributed by atoms with Gasteiger partial charge in [0, 0.05) is 26.0 Å². The van der Waals surface area contributed by atoms with Crippen molar-refractivity contribution in [3.63, 3.8) is 0 Å². The zero-order valence-electron chi connectivity index (χ0n) is 8.93. The Morgan fingerprint density at radius 2 is 2.00 bits per heavy atom. The lowest BCUT2D eigenvalue weighted by Crippen LogP contribution is -2.05. The summed E-state index contributed by atoms with van der Waals surface area (Å²) in [7, 11) is 3.59. The topological polar surface area (TPSA) is 52.7 Å². The number of rotatable bonds is 2. The van der Waals surface area contributed by atoms with Gasteiger partial charge >= 0.3 is 0 Å². The van der Waals surface area contributed by atoms with Crippen LogP contribution in [0.2, 0.25) is 0 Å². The Bertz CT molecular complexity index is 490. The Morgan fingerprint density at radius 1 is 1.27 bits per heavy atom. The standard InChI is InChI=1S/C10H12N4O/c1-7-6-9(12-14(7)3)10(15)8-4-5-13(2)11-8/h4-6H,1-3H3. The highest BCUT2D eigenvalue weighted by Gasteiger charge is 2.15. The lowest BCUT2D eigenvalue weighted by molar-refractivity contribution is 0.102. The third kappa shape index (κ3) is 1.68. The van der Waals surface area contributed by atoms with Gasteiger partial charge in [0.15, 0.2) is 0 Å². The van der Waals surface area contributed by atoms with Crippen molar-refractivity contribution in [3.8, 4) is 0 Å². The van der Waals surface area contributed by atoms with Crippen LogP contribution in [-0.4, -0.2) is 25.3 Å². The Morgan fingerprint density at radius 3 is 2.47 bits per heavy atom. The first-order chi connectivity index (χ1) is 7.08. The second-order valence-electron chi connectivity index (χ2n) is 3.50. The van der Waals surface area contributed by atoms with Crippen molar-refractivity contribution in [1.29, 1.82) is 0 Å². The van der Waals surface area contributed by atoms with E-state index in [0.29, 0.717) is 11.4 Å². The zero-order chi connectivity index (χ0) is 11.0. The summed E-state index contributed by atoms with van der Waals surface area (Å²) >= 11 is 0. The first-order valence-corrected chi connectivity index (χ1v) is 4.63. The molecule has 0 aliphatic carbocycles. The van der Waals surface area contributed by atoms with Crippen molar-refractivity contribution >= 4 is 5.78 Å². The highest BCUT2D eigenvalue weighted by atomic mass is 16.1. The summed E-state index contributed by atoms with van der Waals surface area (Å²) in [5.41, 5.74) is 1.82. The van der Waals surface area contributed by atoms with E-state index in [1.54, 1.807) is 34.7 Å². The van der Waals surface area contributed by atoms with Crippen LogP contribution in [0.25, 0.3) is 0 Å². The molecule has 0 bridgehead atoms. The Hall–Kier alpha value is -1.91. The number of carbonyl (C=O) groups excluding carboxylic acids is 1. The van der Waals surface area contributed by atoms with E-state index in [1.165, 1.54) is 0 Å². The molecule has 0 radical (unpaired) electrons. The Kier molecular flexibility index (Phi) is 2.15. The summed E-state index contributed by atoms with van der Waals surface area (Å²) in [5, 5.41) is 8.16. The van der Waals surface area contributed by atoms with Crippen molar-refractivity contribution in [3.05, 3.63) is 35.4 Å². The van der Waals surface area contributed by atoms with Crippen LogP contribution < -0.4 is 0 Å². The number of hydrogen-bond acceptors (Lipinski definition) is 3. The zero-order valence-corrected chi connectivity index (χ0v) is 8.93. The highest BCUT2D eigenvalue weighted by Crippen LogP contribution is 2.07. The molecule has 0 aromatic carbocycles. The maximum Gasteiger partial charge on any atom is 0.233 e. The molecule has 0 saturated carbocycles. The Labute approximate surface area is 87.3 Å². The average molecular weight is 204 g/mol. The van der Waals surface area contributed by atoms with E-state index in [1.807, 2.05) is 14.0 Å². The molecule has 2 rings (SSSR count). The SMILES string of the molecule is Cc1cc(C(=O)c2ccn(C)n2)nn1C. The molecule has 0 saturated heterocycles. The van der Waals surface area contributed by atoms with Crippen LogP contribution in [0.15, 0.2) is 18.3 Å². The molecule has 2 aromatic heterocycles. The van der Waals surface area contributed by atoms with Gasteiger partial charge in [-0.15, -0.1) is 0 Å². The molecule has 0 aliphatic heterocycles. The number of aryl methyl sites for hydroxylation is 3. The number of aromatic nitrogens is 4. The van der Waals surface area contributed by atoms with Gasteiger partial charge in [0.05, 0.1) is 0 Å². The number of hydrogen-bond donors (Lipinski definition) is 0. The molecule has 78 valence electrons. The van der Waals surface area contributed by atoms with Gasteiger partial charge < -0.3 is 0 Å². The van der Waals surface area contributed by atoms with Crippen molar-refractivity contribution in [2.45, 2.75) is 6.92 Å². The highest BCUT2D eigenvalue weighted by molar-refractivity contribution is 6.06. The predicted octanol–water partition coefficient (Wildman–Crippen LogP) is 0.693. The predicted molar refractivity (Wildman–Crippen MR) is 54.6 cm³/mol. The first kappa shape index (κ1) is 9.64. The van der Waals surface area contributed by atoms with E-state index in [4.69, 9.17) is 0 Å². The van der Waals surface area contributed by atoms with E-state index in [2.05, 4.69) is 10.2 Å². The van der Waals surface area contributed by atoms with Gasteiger partial charge in [-0.2, -0.15) is 10.2 Å². The molecule has 5 heteroatoms. The maximum absolute atomic E-state index is 11.9. The third-order valence-electron chi connectivity index (χ3n) is 2.29. The van der Waals surface area contributed by atoms with Crippen LogP contribution in [0.3, 0.4) is 0 Å². The minimum Gasteiger partial charge on any atom is -0.285 e. The smallest absolute Gasteiger partial charge is 0.233 e. The molecular weight excluding hydrogens is 192 g/mol. The summed E-state index contributed by atoms with van der Waals surface area (Å²) in [6, 6.07) is 3.45. The lowest BCUT2D eigenvalue weighted by Gasteiger charge is -1.91. The quantitative estimate of drug-likeness (QED) is 0.676. The number of nitrogens with zero attached hydrogens (tertiary/aromatic N) is 4. The second kappa shape index (κ2) is 3.34. The van der Waals surface area contributed by atoms with Crippen LogP contribution in [0.5, 0.6) is 0 Å². The summed E-state index contributed by atoms with van der Waals surface area (Å²) in [4.78, 5) is 11.9. The molecule has 15 heavy (non-hydrogen) atoms. The molecule has 0 N–H and O–H groups in total. The third-order valence-corrected chi connectivity index (χ3v) is 2.29. The van der Waals surface area contributed by atoms with Gasteiger partial charge in [-0.25, -0.2) is 0 Å². The largest absolute Gasteiger partial charge is 0.285 e. The lowest BCUT2D eigenvalue weighted by atomic mass is 10.2. The average Bonchev–Trinajstić information content (AvgIpc) is 2.74. The molecule has 5 nitrogen and oxygen atoms in total. The molecule has 0 unspecified atom stereocenters. The van der Waals surface area contributed by atoms with E-state index >= 15 is 0 Å². The van der Waals surface area contributed by atoms with E-state index in [9.17, 15) is 4.79 Å². The fourth-order valence-electron chi connectivity index (χ4n) is 1.34. The van der Waals surface area contributed by atoms with Crippen molar-refractivity contribution < 1.29 is 4.79 Å². The van der Waals surface area contributed by atoms with Crippen molar-refractivity contribution in [2.24, 2.45) is 14.1 Å². The summed E-state index contributed by atoms with van der Waals surface area (Å²) in [6.07, 6.45) is 1.74. The van der Waals surface area contributed by atoms with Crippen LogP contribution in [0.4, 0.5) is 0 Å². The molecule has 2 aromatic rings. The fourth-order valence-corrected chi connectivity index (χ4v) is 1.34. The summed E-state index contributed by atoms with van der Waals surface area (Å²) in [5.74, 6) is -0.140. The monoisotopic (exact) mass is 204 g/mol. The number of carbonyl (C=O) groups is 1. The van der Waals surface area contributed by atoms with Crippen molar-refractivity contribution in [2.75, 3.05) is 0 Å². The van der Waals surface area contributed by atoms with Crippen LogP contribution in [-0.2, 0) is 14.1 Å². The molecule has 0 spiro atoms. The van der Waals surface area contributed by atoms with Crippen LogP contribution >= 0.6 is 0 Å². The second-order valence-corrected chi connectivity index (χ2v) is 3.50. The van der Waals surface area contributed by atoms with Crippen molar-refractivity contribution in [1.82, 2.24) is 19.6 Å². The molecular formula is C10H12N4O. The summed E-state index contributed by atoms with van der Waals surface area (Å²) < 4.78 is 3.28. The first-order valence-electron chi connectivity index (χ1n) is 4.63. The van der Waals surface area contributed by atoms with Gasteiger partial charge in [0.1, 0.15) is 11.4 Å². The molecule has 0 fully saturated rings. The normalized spacial score (nSPS) is 10.6. The van der Waals surface area contributed by atoms with Gasteiger partial charge in [-0.05, 0) is 19.1 Å². The van der Waals surface area contributed by atoms with Gasteiger partial charge in [0.25, 0.3) is 0 Å². The van der Waals surface area contributed by atoms with Gasteiger partial charge in [-0.1, -0.05) is 0 Å². The van der Waals surface area contributed by atoms with Gasteiger partial charge in [-0.3, -0.25) is 14.2 Å². The fraction of sp³-hybridized carbons (Fsp3) is 0.300. The van der Waals surface area contributed by atoms with E-state index < -0.39 is 0 Å². The molecule has 0 aliphatic rings. The van der Waals surface area contributed by atoms with Gasteiger partial charge in [0.2, 0.25) is 5.78 Å². The minimum atomic E-state index is -0.140. The van der Waals surface area contributed by atoms with Crippen LogP contribution in [0.1, 0.15) is 21.9 Å². The Balaban J connectivity index is 2.36. The maximum atomic E-state index is 11.9. The molecule has 0 atom stereocenters. The summed E-state index contributed by atoms with van der Waals surface area (Å²) in [6.45, 7) is 1.90. The van der Waals surface area contributed by atoms with E-state index in [0.717, 1.165) is 5.69 Å². The molecule has 0 amide bonds. The van der Waals surface area contributed by atoms with Crippen LogP contribution in [0, 0.1) is 6.92 Å². The van der Waals surface area contributed by atoms with E-state index in [-0.39, 0.29) is 5.78 Å². The number of ketones is 1. The molecule has 2 heterocycles.